The van der Waals surface area contributed by atoms with E-state index >= 15 is 0 Å². The van der Waals surface area contributed by atoms with Crippen molar-refractivity contribution in [1.82, 2.24) is 14.5 Å². The Labute approximate surface area is 243 Å². The Hall–Kier alpha value is -5.28. The molecule has 42 heavy (non-hydrogen) atoms. The molecule has 3 nitrogen and oxygen atoms in total. The summed E-state index contributed by atoms with van der Waals surface area (Å²) in [6, 6.07) is 45.5. The molecule has 0 aliphatic heterocycles. The monoisotopic (exact) mass is 537 g/mol. The van der Waals surface area contributed by atoms with E-state index in [-0.39, 0.29) is 5.41 Å². The molecule has 198 valence electrons. The summed E-state index contributed by atoms with van der Waals surface area (Å²) in [7, 11) is 0. The zero-order chi connectivity index (χ0) is 28.0. The van der Waals surface area contributed by atoms with Crippen LogP contribution in [0.15, 0.2) is 127 Å². The highest BCUT2D eigenvalue weighted by Gasteiger charge is 2.38. The summed E-state index contributed by atoms with van der Waals surface area (Å²) >= 11 is 0. The van der Waals surface area contributed by atoms with Gasteiger partial charge >= 0.3 is 0 Å². The second-order valence-corrected chi connectivity index (χ2v) is 11.9. The first-order valence-corrected chi connectivity index (χ1v) is 14.5. The van der Waals surface area contributed by atoms with Crippen LogP contribution in [0.5, 0.6) is 0 Å². The van der Waals surface area contributed by atoms with Gasteiger partial charge in [0.05, 0.1) is 22.1 Å². The van der Waals surface area contributed by atoms with E-state index in [9.17, 15) is 0 Å². The summed E-state index contributed by atoms with van der Waals surface area (Å²) < 4.78 is 2.34. The van der Waals surface area contributed by atoms with Gasteiger partial charge in [0.1, 0.15) is 5.69 Å². The van der Waals surface area contributed by atoms with E-state index in [1.165, 1.54) is 43.8 Å². The van der Waals surface area contributed by atoms with Crippen LogP contribution in [0.25, 0.3) is 71.8 Å². The maximum Gasteiger partial charge on any atom is 0.165 e. The van der Waals surface area contributed by atoms with Crippen LogP contribution in [0.3, 0.4) is 0 Å². The fourth-order valence-electron chi connectivity index (χ4n) is 7.22. The van der Waals surface area contributed by atoms with Gasteiger partial charge in [0.15, 0.2) is 5.82 Å². The van der Waals surface area contributed by atoms with Gasteiger partial charge in [0, 0.05) is 21.8 Å². The fourth-order valence-corrected chi connectivity index (χ4v) is 7.22. The Morgan fingerprint density at radius 1 is 0.548 bits per heavy atom. The highest BCUT2D eigenvalue weighted by molar-refractivity contribution is 6.12. The van der Waals surface area contributed by atoms with E-state index in [0.29, 0.717) is 0 Å². The highest BCUT2D eigenvalue weighted by Crippen LogP contribution is 2.53. The molecule has 0 amide bonds. The molecule has 2 heterocycles. The number of benzene rings is 6. The van der Waals surface area contributed by atoms with Crippen molar-refractivity contribution < 1.29 is 0 Å². The lowest BCUT2D eigenvalue weighted by Gasteiger charge is -2.23. The molecule has 0 saturated heterocycles. The van der Waals surface area contributed by atoms with Gasteiger partial charge < -0.3 is 0 Å². The van der Waals surface area contributed by atoms with E-state index in [2.05, 4.69) is 122 Å². The van der Waals surface area contributed by atoms with Gasteiger partial charge in [-0.25, -0.2) is 9.97 Å². The molecule has 0 radical (unpaired) electrons. The summed E-state index contributed by atoms with van der Waals surface area (Å²) in [5.41, 5.74) is 11.3. The van der Waals surface area contributed by atoms with Crippen molar-refractivity contribution in [2.45, 2.75) is 19.3 Å². The summed E-state index contributed by atoms with van der Waals surface area (Å²) in [5, 5.41) is 5.07. The Bertz CT molecular complexity index is 2380. The zero-order valence-electron chi connectivity index (χ0n) is 23.5. The minimum absolute atomic E-state index is 0.154. The van der Waals surface area contributed by atoms with Crippen molar-refractivity contribution in [2.24, 2.45) is 0 Å². The van der Waals surface area contributed by atoms with Crippen LogP contribution in [0.1, 0.15) is 25.0 Å². The molecule has 3 heteroatoms. The van der Waals surface area contributed by atoms with Gasteiger partial charge in [-0.3, -0.25) is 4.57 Å². The molecule has 1 aliphatic carbocycles. The SMILES string of the molecule is CC1(C)c2cc3c(cc2-c2ccc4ccccc4c21)c1ccccc1n3-c1nc2ccccc2nc1-c1ccccc1. The minimum Gasteiger partial charge on any atom is -0.292 e. The second-order valence-electron chi connectivity index (χ2n) is 11.9. The molecule has 8 aromatic rings. The zero-order valence-corrected chi connectivity index (χ0v) is 23.5. The third kappa shape index (κ3) is 3.11. The van der Waals surface area contributed by atoms with E-state index in [0.717, 1.165) is 39.1 Å². The van der Waals surface area contributed by atoms with Crippen LogP contribution in [-0.2, 0) is 5.41 Å². The first-order valence-electron chi connectivity index (χ1n) is 14.5. The molecule has 0 saturated carbocycles. The maximum absolute atomic E-state index is 5.31. The number of rotatable bonds is 2. The van der Waals surface area contributed by atoms with Gasteiger partial charge in [-0.2, -0.15) is 0 Å². The average Bonchev–Trinajstić information content (AvgIpc) is 3.48. The molecule has 0 unspecified atom stereocenters. The average molecular weight is 538 g/mol. The van der Waals surface area contributed by atoms with Crippen molar-refractivity contribution in [3.8, 4) is 28.2 Å². The molecule has 0 fully saturated rings. The molecule has 0 N–H and O–H groups in total. The van der Waals surface area contributed by atoms with Gasteiger partial charge in [0.25, 0.3) is 0 Å². The molecule has 9 rings (SSSR count). The van der Waals surface area contributed by atoms with Crippen LogP contribution in [-0.4, -0.2) is 14.5 Å². The summed E-state index contributed by atoms with van der Waals surface area (Å²) in [6.45, 7) is 4.74. The Morgan fingerprint density at radius 3 is 2.07 bits per heavy atom. The molecular formula is C39H27N3. The molecular weight excluding hydrogens is 510 g/mol. The number of para-hydroxylation sites is 3. The predicted molar refractivity (Wildman–Crippen MR) is 174 cm³/mol. The Kier molecular flexibility index (Phi) is 4.67. The number of hydrogen-bond donors (Lipinski definition) is 0. The summed E-state index contributed by atoms with van der Waals surface area (Å²) in [5.74, 6) is 0.852. The highest BCUT2D eigenvalue weighted by atomic mass is 15.1. The molecule has 6 aromatic carbocycles. The van der Waals surface area contributed by atoms with Crippen molar-refractivity contribution in [1.29, 1.82) is 0 Å². The smallest absolute Gasteiger partial charge is 0.165 e. The standard InChI is InChI=1S/C39H27N3/c1-39(2)31-23-35-30(22-29(31)28-21-20-24-12-6-7-15-26(24)36(28)39)27-16-8-11-19-34(27)42(35)38-37(25-13-4-3-5-14-25)40-32-17-9-10-18-33(32)41-38/h3-23H,1-2H3. The summed E-state index contributed by atoms with van der Waals surface area (Å²) in [4.78, 5) is 10.5. The van der Waals surface area contributed by atoms with Crippen molar-refractivity contribution in [2.75, 3.05) is 0 Å². The van der Waals surface area contributed by atoms with E-state index < -0.39 is 0 Å². The predicted octanol–water partition coefficient (Wildman–Crippen LogP) is 9.85. The van der Waals surface area contributed by atoms with Crippen molar-refractivity contribution in [3.05, 3.63) is 139 Å². The van der Waals surface area contributed by atoms with Crippen LogP contribution in [0.2, 0.25) is 0 Å². The lowest BCUT2D eigenvalue weighted by Crippen LogP contribution is -2.15. The third-order valence-corrected chi connectivity index (χ3v) is 9.14. The topological polar surface area (TPSA) is 30.7 Å². The minimum atomic E-state index is -0.154. The first-order chi connectivity index (χ1) is 20.6. The lowest BCUT2D eigenvalue weighted by molar-refractivity contribution is 0.667. The van der Waals surface area contributed by atoms with Crippen LogP contribution < -0.4 is 0 Å². The largest absolute Gasteiger partial charge is 0.292 e. The van der Waals surface area contributed by atoms with Gasteiger partial charge in [-0.15, -0.1) is 0 Å². The first kappa shape index (κ1) is 23.4. The molecule has 0 bridgehead atoms. The third-order valence-electron chi connectivity index (χ3n) is 9.14. The van der Waals surface area contributed by atoms with E-state index in [1.807, 2.05) is 24.3 Å². The van der Waals surface area contributed by atoms with Crippen molar-refractivity contribution in [3.63, 3.8) is 0 Å². The van der Waals surface area contributed by atoms with Gasteiger partial charge in [-0.05, 0) is 63.4 Å². The fraction of sp³-hybridized carbons (Fsp3) is 0.0769. The molecule has 1 aliphatic rings. The van der Waals surface area contributed by atoms with Crippen molar-refractivity contribution >= 4 is 43.6 Å². The summed E-state index contributed by atoms with van der Waals surface area (Å²) in [6.07, 6.45) is 0. The molecule has 0 spiro atoms. The number of fused-ring (bicyclic) bond motifs is 9. The van der Waals surface area contributed by atoms with E-state index in [1.54, 1.807) is 0 Å². The molecule has 2 aromatic heterocycles. The van der Waals surface area contributed by atoms with E-state index in [4.69, 9.17) is 9.97 Å². The van der Waals surface area contributed by atoms with Gasteiger partial charge in [-0.1, -0.05) is 111 Å². The van der Waals surface area contributed by atoms with Crippen LogP contribution in [0.4, 0.5) is 0 Å². The number of nitrogens with zero attached hydrogens (tertiary/aromatic N) is 3. The van der Waals surface area contributed by atoms with Crippen LogP contribution >= 0.6 is 0 Å². The van der Waals surface area contributed by atoms with Gasteiger partial charge in [0.2, 0.25) is 0 Å². The van der Waals surface area contributed by atoms with Crippen LogP contribution in [0, 0.1) is 0 Å². The number of hydrogen-bond acceptors (Lipinski definition) is 2. The lowest BCUT2D eigenvalue weighted by atomic mass is 9.80. The number of aromatic nitrogens is 3. The molecule has 0 atom stereocenters. The maximum atomic E-state index is 5.31. The second kappa shape index (κ2) is 8.37. The Balaban J connectivity index is 1.41. The normalized spacial score (nSPS) is 13.7. The quantitative estimate of drug-likeness (QED) is 0.220. The Morgan fingerprint density at radius 2 is 1.24 bits per heavy atom.